The number of nitrogens with one attached hydrogen (secondary N) is 1. The van der Waals surface area contributed by atoms with E-state index in [0.29, 0.717) is 28.0 Å². The summed E-state index contributed by atoms with van der Waals surface area (Å²) in [7, 11) is 0. The van der Waals surface area contributed by atoms with E-state index in [0.717, 1.165) is 0 Å². The Labute approximate surface area is 120 Å². The van der Waals surface area contributed by atoms with E-state index >= 15 is 0 Å². The molecule has 104 valence electrons. The van der Waals surface area contributed by atoms with E-state index in [-0.39, 0.29) is 5.56 Å². The molecule has 3 nitrogen and oxygen atoms in total. The van der Waals surface area contributed by atoms with Crippen molar-refractivity contribution in [2.45, 2.75) is 0 Å². The molecule has 2 rings (SSSR count). The Hall–Kier alpha value is -2.02. The largest absolute Gasteiger partial charge is 0.398 e. The van der Waals surface area contributed by atoms with Gasteiger partial charge < -0.3 is 11.1 Å². The van der Waals surface area contributed by atoms with Gasteiger partial charge in [0, 0.05) is 21.4 Å². The fraction of sp³-hybridized carbons (Fsp3) is 0. The van der Waals surface area contributed by atoms with Crippen molar-refractivity contribution in [1.82, 2.24) is 0 Å². The molecule has 2 aromatic carbocycles. The number of benzene rings is 2. The van der Waals surface area contributed by atoms with Gasteiger partial charge in [-0.25, -0.2) is 13.2 Å². The average molecular weight is 345 g/mol. The van der Waals surface area contributed by atoms with Crippen LogP contribution < -0.4 is 11.1 Å². The first-order chi connectivity index (χ1) is 9.38. The maximum absolute atomic E-state index is 13.0. The molecule has 0 aliphatic carbocycles. The van der Waals surface area contributed by atoms with Crippen molar-refractivity contribution in [3.8, 4) is 0 Å². The highest BCUT2D eigenvalue weighted by molar-refractivity contribution is 9.10. The summed E-state index contributed by atoms with van der Waals surface area (Å²) in [4.78, 5) is 11.8. The number of halogens is 4. The predicted molar refractivity (Wildman–Crippen MR) is 72.8 cm³/mol. The molecule has 0 unspecified atom stereocenters. The van der Waals surface area contributed by atoms with Gasteiger partial charge in [-0.3, -0.25) is 4.79 Å². The smallest absolute Gasteiger partial charge is 0.255 e. The summed E-state index contributed by atoms with van der Waals surface area (Å²) in [6, 6.07) is 5.85. The molecule has 0 atom stereocenters. The molecular weight excluding hydrogens is 337 g/mol. The molecule has 0 aliphatic heterocycles. The molecule has 0 aliphatic rings. The molecule has 0 heterocycles. The molecule has 0 fully saturated rings. The van der Waals surface area contributed by atoms with Crippen LogP contribution in [0.1, 0.15) is 10.4 Å². The molecule has 3 N–H and O–H groups in total. The first kappa shape index (κ1) is 14.4. The number of rotatable bonds is 2. The topological polar surface area (TPSA) is 55.1 Å². The molecule has 0 aromatic heterocycles. The lowest BCUT2D eigenvalue weighted by molar-refractivity contribution is 0.102. The molecule has 0 saturated carbocycles. The van der Waals surface area contributed by atoms with Crippen LogP contribution in [0, 0.1) is 17.5 Å². The Bertz CT molecular complexity index is 668. The highest BCUT2D eigenvalue weighted by Gasteiger charge is 2.15. The Kier molecular flexibility index (Phi) is 3.99. The first-order valence-electron chi connectivity index (χ1n) is 5.39. The van der Waals surface area contributed by atoms with Crippen molar-refractivity contribution >= 4 is 33.2 Å². The number of carbonyl (C=O) groups excluding carboxylic acids is 1. The number of nitrogen functional groups attached to an aromatic ring is 1. The summed E-state index contributed by atoms with van der Waals surface area (Å²) in [5.74, 6) is -5.22. The first-order valence-corrected chi connectivity index (χ1v) is 6.18. The lowest BCUT2D eigenvalue weighted by atomic mass is 10.2. The second-order valence-corrected chi connectivity index (χ2v) is 4.80. The number of hydrogen-bond acceptors (Lipinski definition) is 2. The number of anilines is 2. The van der Waals surface area contributed by atoms with Crippen LogP contribution in [0.2, 0.25) is 0 Å². The van der Waals surface area contributed by atoms with E-state index in [1.807, 2.05) is 0 Å². The third-order valence-corrected chi connectivity index (χ3v) is 3.19. The van der Waals surface area contributed by atoms with Crippen molar-refractivity contribution in [2.24, 2.45) is 0 Å². The lowest BCUT2D eigenvalue weighted by Crippen LogP contribution is -2.13. The quantitative estimate of drug-likeness (QED) is 0.644. The second kappa shape index (κ2) is 5.54. The minimum absolute atomic E-state index is 0.325. The van der Waals surface area contributed by atoms with Crippen molar-refractivity contribution in [1.29, 1.82) is 0 Å². The van der Waals surface area contributed by atoms with E-state index in [4.69, 9.17) is 5.73 Å². The van der Waals surface area contributed by atoms with Crippen LogP contribution in [0.15, 0.2) is 34.8 Å². The van der Waals surface area contributed by atoms with Gasteiger partial charge in [0.25, 0.3) is 5.91 Å². The van der Waals surface area contributed by atoms with Crippen molar-refractivity contribution in [3.63, 3.8) is 0 Å². The third-order valence-electron chi connectivity index (χ3n) is 2.50. The summed E-state index contributed by atoms with van der Waals surface area (Å²) in [6.07, 6.45) is 0. The molecule has 0 spiro atoms. The van der Waals surface area contributed by atoms with E-state index in [1.54, 1.807) is 6.07 Å². The van der Waals surface area contributed by atoms with Crippen LogP contribution in [0.25, 0.3) is 0 Å². The molecule has 0 saturated heterocycles. The average Bonchev–Trinajstić information content (AvgIpc) is 2.39. The number of nitrogens with two attached hydrogens (primary N) is 1. The van der Waals surface area contributed by atoms with Crippen molar-refractivity contribution in [3.05, 3.63) is 57.8 Å². The van der Waals surface area contributed by atoms with Crippen LogP contribution in [0.4, 0.5) is 24.5 Å². The summed E-state index contributed by atoms with van der Waals surface area (Å²) < 4.78 is 39.4. The van der Waals surface area contributed by atoms with Gasteiger partial charge in [0.1, 0.15) is 0 Å². The van der Waals surface area contributed by atoms with Crippen LogP contribution in [-0.2, 0) is 0 Å². The van der Waals surface area contributed by atoms with Crippen LogP contribution in [-0.4, -0.2) is 5.91 Å². The molecule has 1 amide bonds. The molecular formula is C13H8BrF3N2O. The summed E-state index contributed by atoms with van der Waals surface area (Å²) in [5, 5.41) is 2.42. The van der Waals surface area contributed by atoms with Crippen molar-refractivity contribution < 1.29 is 18.0 Å². The van der Waals surface area contributed by atoms with Gasteiger partial charge in [-0.1, -0.05) is 0 Å². The van der Waals surface area contributed by atoms with Crippen LogP contribution in [0.5, 0.6) is 0 Å². The lowest BCUT2D eigenvalue weighted by Gasteiger charge is -2.07. The molecule has 0 bridgehead atoms. The van der Waals surface area contributed by atoms with Crippen LogP contribution in [0.3, 0.4) is 0 Å². The van der Waals surface area contributed by atoms with E-state index in [9.17, 15) is 18.0 Å². The molecule has 0 radical (unpaired) electrons. The van der Waals surface area contributed by atoms with Gasteiger partial charge in [-0.05, 0) is 46.3 Å². The maximum Gasteiger partial charge on any atom is 0.255 e. The number of amides is 1. The minimum Gasteiger partial charge on any atom is -0.398 e. The predicted octanol–water partition coefficient (Wildman–Crippen LogP) is 3.70. The highest BCUT2D eigenvalue weighted by atomic mass is 79.9. The maximum atomic E-state index is 13.0. The third kappa shape index (κ3) is 2.93. The zero-order chi connectivity index (χ0) is 14.9. The molecule has 20 heavy (non-hydrogen) atoms. The van der Waals surface area contributed by atoms with Crippen LogP contribution >= 0.6 is 15.9 Å². The zero-order valence-corrected chi connectivity index (χ0v) is 11.5. The van der Waals surface area contributed by atoms with E-state index < -0.39 is 23.4 Å². The fourth-order valence-electron chi connectivity index (χ4n) is 1.49. The fourth-order valence-corrected chi connectivity index (χ4v) is 1.87. The summed E-state index contributed by atoms with van der Waals surface area (Å²) in [5.41, 5.74) is 6.11. The summed E-state index contributed by atoms with van der Waals surface area (Å²) in [6.45, 7) is 0. The van der Waals surface area contributed by atoms with Gasteiger partial charge in [0.15, 0.2) is 17.5 Å². The SMILES string of the molecule is Nc1ccc(NC(=O)c2cc(F)c(F)c(F)c2)cc1Br. The Morgan fingerprint density at radius 1 is 1.10 bits per heavy atom. The molecule has 2 aromatic rings. The summed E-state index contributed by atoms with van der Waals surface area (Å²) >= 11 is 3.18. The Balaban J connectivity index is 2.26. The van der Waals surface area contributed by atoms with Gasteiger partial charge in [-0.15, -0.1) is 0 Å². The zero-order valence-electron chi connectivity index (χ0n) is 9.88. The minimum atomic E-state index is -1.61. The number of carbonyl (C=O) groups is 1. The van der Waals surface area contributed by atoms with Gasteiger partial charge >= 0.3 is 0 Å². The van der Waals surface area contributed by atoms with E-state index in [1.165, 1.54) is 12.1 Å². The molecule has 7 heteroatoms. The normalized spacial score (nSPS) is 10.4. The Morgan fingerprint density at radius 3 is 2.25 bits per heavy atom. The monoisotopic (exact) mass is 344 g/mol. The van der Waals surface area contributed by atoms with Gasteiger partial charge in [0.05, 0.1) is 0 Å². The van der Waals surface area contributed by atoms with Gasteiger partial charge in [0.2, 0.25) is 0 Å². The highest BCUT2D eigenvalue weighted by Crippen LogP contribution is 2.24. The number of hydrogen-bond donors (Lipinski definition) is 2. The van der Waals surface area contributed by atoms with Crippen molar-refractivity contribution in [2.75, 3.05) is 11.1 Å². The Morgan fingerprint density at radius 2 is 1.70 bits per heavy atom. The van der Waals surface area contributed by atoms with E-state index in [2.05, 4.69) is 21.2 Å². The standard InChI is InChI=1S/C13H8BrF3N2O/c14-8-5-7(1-2-11(8)18)19-13(20)6-3-9(15)12(17)10(16)4-6/h1-5H,18H2,(H,19,20). The second-order valence-electron chi connectivity index (χ2n) is 3.94. The van der Waals surface area contributed by atoms with Gasteiger partial charge in [-0.2, -0.15) is 0 Å².